The molecule has 0 bridgehead atoms. The van der Waals surface area contributed by atoms with Crippen LogP contribution in [0.4, 0.5) is 8.78 Å². The molecule has 0 saturated carbocycles. The van der Waals surface area contributed by atoms with Gasteiger partial charge in [0.2, 0.25) is 0 Å². The van der Waals surface area contributed by atoms with Gasteiger partial charge in [-0.1, -0.05) is 0 Å². The highest BCUT2D eigenvalue weighted by atomic mass is 79.9. The summed E-state index contributed by atoms with van der Waals surface area (Å²) in [6.45, 7) is 0. The normalized spacial score (nSPS) is 10.7. The first-order chi connectivity index (χ1) is 4.20. The molecule has 0 aromatic carbocycles. The first-order valence-corrected chi connectivity index (χ1v) is 2.91. The number of alkyl halides is 2. The summed E-state index contributed by atoms with van der Waals surface area (Å²) >= 11 is 2.87. The molecule has 0 aliphatic rings. The molecule has 2 nitrogen and oxygen atoms in total. The highest BCUT2D eigenvalue weighted by Gasteiger charge is 2.08. The average Bonchev–Trinajstić information content (AvgIpc) is 2.14. The first-order valence-electron chi connectivity index (χ1n) is 2.20. The summed E-state index contributed by atoms with van der Waals surface area (Å²) in [6, 6.07) is 1.25. The van der Waals surface area contributed by atoms with E-state index in [2.05, 4.69) is 21.2 Å². The number of halogens is 3. The third kappa shape index (κ3) is 1.48. The van der Waals surface area contributed by atoms with Crippen molar-refractivity contribution < 1.29 is 8.78 Å². The number of nitrogens with zero attached hydrogens (tertiary/aromatic N) is 2. The van der Waals surface area contributed by atoms with Gasteiger partial charge in [-0.2, -0.15) is 5.10 Å². The maximum atomic E-state index is 11.7. The average molecular weight is 197 g/mol. The lowest BCUT2D eigenvalue weighted by molar-refractivity contribution is 0.146. The molecule has 0 saturated heterocycles. The van der Waals surface area contributed by atoms with Crippen molar-refractivity contribution in [3.63, 3.8) is 0 Å². The predicted molar refractivity (Wildman–Crippen MR) is 31.5 cm³/mol. The van der Waals surface area contributed by atoms with Crippen LogP contribution >= 0.6 is 16.1 Å². The Morgan fingerprint density at radius 1 is 1.67 bits per heavy atom. The van der Waals surface area contributed by atoms with E-state index < -0.39 is 6.43 Å². The van der Waals surface area contributed by atoms with Crippen LogP contribution in [-0.4, -0.2) is 8.81 Å². The Bertz CT molecular complexity index is 198. The summed E-state index contributed by atoms with van der Waals surface area (Å²) in [5, 5.41) is 3.39. The molecule has 0 spiro atoms. The van der Waals surface area contributed by atoms with Crippen molar-refractivity contribution in [3.8, 4) is 0 Å². The summed E-state index contributed by atoms with van der Waals surface area (Å²) in [7, 11) is 0. The third-order valence-electron chi connectivity index (χ3n) is 0.803. The van der Waals surface area contributed by atoms with Gasteiger partial charge in [-0.05, 0) is 6.07 Å². The number of hydrogen-bond donors (Lipinski definition) is 0. The largest absolute Gasteiger partial charge is 0.282 e. The lowest BCUT2D eigenvalue weighted by Gasteiger charge is -1.87. The molecule has 1 rings (SSSR count). The van der Waals surface area contributed by atoms with Crippen LogP contribution in [0.25, 0.3) is 0 Å². The summed E-state index contributed by atoms with van der Waals surface area (Å²) in [5.41, 5.74) is -0.216. The summed E-state index contributed by atoms with van der Waals surface area (Å²) in [5.74, 6) is 0. The number of aromatic nitrogens is 2. The van der Waals surface area contributed by atoms with E-state index in [1.165, 1.54) is 12.3 Å². The maximum absolute atomic E-state index is 11.7. The predicted octanol–water partition coefficient (Wildman–Crippen LogP) is 1.98. The van der Waals surface area contributed by atoms with Gasteiger partial charge in [-0.15, -0.1) is 0 Å². The van der Waals surface area contributed by atoms with Gasteiger partial charge in [0.05, 0.1) is 16.1 Å². The lowest BCUT2D eigenvalue weighted by Crippen LogP contribution is -1.85. The molecule has 5 heteroatoms. The Labute approximate surface area is 58.8 Å². The van der Waals surface area contributed by atoms with Gasteiger partial charge in [0.25, 0.3) is 6.43 Å². The van der Waals surface area contributed by atoms with E-state index in [4.69, 9.17) is 0 Å². The van der Waals surface area contributed by atoms with Crippen LogP contribution in [0.2, 0.25) is 0 Å². The van der Waals surface area contributed by atoms with Crippen molar-refractivity contribution in [2.75, 3.05) is 0 Å². The monoisotopic (exact) mass is 196 g/mol. The fourth-order valence-electron chi connectivity index (χ4n) is 0.431. The van der Waals surface area contributed by atoms with E-state index in [1.54, 1.807) is 0 Å². The molecule has 0 radical (unpaired) electrons. The molecule has 1 heterocycles. The maximum Gasteiger partial charge on any atom is 0.282 e. The van der Waals surface area contributed by atoms with Crippen LogP contribution in [0.3, 0.4) is 0 Å². The second-order valence-corrected chi connectivity index (χ2v) is 2.16. The van der Waals surface area contributed by atoms with Crippen molar-refractivity contribution in [2.24, 2.45) is 0 Å². The van der Waals surface area contributed by atoms with Crippen LogP contribution in [0.1, 0.15) is 12.1 Å². The Hall–Kier alpha value is -0.450. The first kappa shape index (κ1) is 6.67. The van der Waals surface area contributed by atoms with Crippen LogP contribution < -0.4 is 0 Å². The second kappa shape index (κ2) is 2.43. The van der Waals surface area contributed by atoms with Crippen molar-refractivity contribution in [1.82, 2.24) is 8.81 Å². The minimum Gasteiger partial charge on any atom is -0.205 e. The zero-order valence-corrected chi connectivity index (χ0v) is 5.85. The quantitative estimate of drug-likeness (QED) is 0.672. The Kier molecular flexibility index (Phi) is 1.80. The molecule has 0 aliphatic carbocycles. The zero-order valence-electron chi connectivity index (χ0n) is 4.26. The van der Waals surface area contributed by atoms with Gasteiger partial charge in [0.1, 0.15) is 5.69 Å². The van der Waals surface area contributed by atoms with Gasteiger partial charge in [-0.25, -0.2) is 12.5 Å². The summed E-state index contributed by atoms with van der Waals surface area (Å²) in [6.07, 6.45) is -1.08. The molecule has 0 aliphatic heterocycles. The molecule has 50 valence electrons. The second-order valence-electron chi connectivity index (χ2n) is 1.43. The fourth-order valence-corrected chi connectivity index (χ4v) is 0.733. The number of hydrogen-bond acceptors (Lipinski definition) is 1. The minimum atomic E-state index is -2.48. The van der Waals surface area contributed by atoms with Gasteiger partial charge < -0.3 is 0 Å². The fraction of sp³-hybridized carbons (Fsp3) is 0.250. The van der Waals surface area contributed by atoms with Crippen molar-refractivity contribution in [2.45, 2.75) is 6.43 Å². The molecule has 1 aromatic rings. The summed E-state index contributed by atoms with van der Waals surface area (Å²) < 4.78 is 24.5. The van der Waals surface area contributed by atoms with Crippen LogP contribution in [-0.2, 0) is 0 Å². The Balaban J connectivity index is 2.85. The van der Waals surface area contributed by atoms with E-state index in [0.717, 1.165) is 3.71 Å². The highest BCUT2D eigenvalue weighted by Crippen LogP contribution is 2.15. The molecule has 1 aromatic heterocycles. The van der Waals surface area contributed by atoms with E-state index in [9.17, 15) is 8.78 Å². The van der Waals surface area contributed by atoms with E-state index in [-0.39, 0.29) is 5.69 Å². The van der Waals surface area contributed by atoms with Crippen molar-refractivity contribution in [3.05, 3.63) is 18.0 Å². The smallest absolute Gasteiger partial charge is 0.205 e. The topological polar surface area (TPSA) is 17.8 Å². The molecule has 0 N–H and O–H groups in total. The molecule has 0 fully saturated rings. The minimum absolute atomic E-state index is 0.216. The Morgan fingerprint density at radius 2 is 2.33 bits per heavy atom. The molecule has 0 unspecified atom stereocenters. The van der Waals surface area contributed by atoms with E-state index in [1.807, 2.05) is 0 Å². The number of rotatable bonds is 1. The standard InChI is InChI=1S/C4H3BrF2N2/c5-9-2-1-3(8-9)4(6)7/h1-2,4H. The molecular weight excluding hydrogens is 194 g/mol. The third-order valence-corrected chi connectivity index (χ3v) is 1.20. The Morgan fingerprint density at radius 3 is 2.56 bits per heavy atom. The molecule has 0 atom stereocenters. The van der Waals surface area contributed by atoms with Crippen LogP contribution in [0.15, 0.2) is 12.3 Å². The van der Waals surface area contributed by atoms with Crippen LogP contribution in [0, 0.1) is 0 Å². The van der Waals surface area contributed by atoms with Gasteiger partial charge >= 0.3 is 0 Å². The van der Waals surface area contributed by atoms with E-state index in [0.29, 0.717) is 0 Å². The molecule has 9 heavy (non-hydrogen) atoms. The van der Waals surface area contributed by atoms with Gasteiger partial charge in [0.15, 0.2) is 0 Å². The van der Waals surface area contributed by atoms with Crippen LogP contribution in [0.5, 0.6) is 0 Å². The van der Waals surface area contributed by atoms with Gasteiger partial charge in [-0.3, -0.25) is 0 Å². The molecular formula is C4H3BrF2N2. The SMILES string of the molecule is FC(F)c1ccn(Br)n1. The van der Waals surface area contributed by atoms with Crippen molar-refractivity contribution >= 4 is 16.1 Å². The lowest BCUT2D eigenvalue weighted by atomic mass is 10.5. The zero-order chi connectivity index (χ0) is 6.85. The van der Waals surface area contributed by atoms with Gasteiger partial charge in [0, 0.05) is 6.20 Å². The highest BCUT2D eigenvalue weighted by molar-refractivity contribution is 9.08. The summed E-state index contributed by atoms with van der Waals surface area (Å²) in [4.78, 5) is 0. The van der Waals surface area contributed by atoms with E-state index >= 15 is 0 Å². The van der Waals surface area contributed by atoms with Crippen molar-refractivity contribution in [1.29, 1.82) is 0 Å². The molecule has 0 amide bonds.